The Balaban J connectivity index is 1.64. The summed E-state index contributed by atoms with van der Waals surface area (Å²) in [5.74, 6) is 0.239. The van der Waals surface area contributed by atoms with Crippen molar-refractivity contribution in [1.82, 2.24) is 9.55 Å². The monoisotopic (exact) mass is 322 g/mol. The van der Waals surface area contributed by atoms with Crippen molar-refractivity contribution in [3.63, 3.8) is 0 Å². The van der Waals surface area contributed by atoms with Gasteiger partial charge >= 0.3 is 0 Å². The van der Waals surface area contributed by atoms with Gasteiger partial charge in [0.1, 0.15) is 12.1 Å². The van der Waals surface area contributed by atoms with Crippen molar-refractivity contribution in [1.29, 1.82) is 0 Å². The SMILES string of the molecule is C[C@@H](C(=O)c1c[nH]c2ccccc12)[NH+]1CCC[C@@H]1c1cccn1C. The van der Waals surface area contributed by atoms with Crippen molar-refractivity contribution in [2.24, 2.45) is 7.05 Å². The first-order valence-corrected chi connectivity index (χ1v) is 8.74. The van der Waals surface area contributed by atoms with Crippen molar-refractivity contribution in [3.05, 3.63) is 60.0 Å². The number of hydrogen-bond donors (Lipinski definition) is 2. The molecule has 124 valence electrons. The third-order valence-electron chi connectivity index (χ3n) is 5.55. The summed E-state index contributed by atoms with van der Waals surface area (Å²) in [5.41, 5.74) is 3.19. The molecule has 1 aromatic carbocycles. The van der Waals surface area contributed by atoms with Crippen LogP contribution in [-0.4, -0.2) is 27.9 Å². The molecule has 0 amide bonds. The van der Waals surface area contributed by atoms with Crippen LogP contribution in [0.25, 0.3) is 10.9 Å². The molecule has 3 atom stereocenters. The largest absolute Gasteiger partial charge is 0.360 e. The van der Waals surface area contributed by atoms with Crippen molar-refractivity contribution < 1.29 is 9.69 Å². The summed E-state index contributed by atoms with van der Waals surface area (Å²) in [6.07, 6.45) is 6.29. The number of nitrogens with zero attached hydrogens (tertiary/aromatic N) is 1. The summed E-state index contributed by atoms with van der Waals surface area (Å²) in [5, 5.41) is 1.03. The highest BCUT2D eigenvalue weighted by Crippen LogP contribution is 2.22. The number of aromatic amines is 1. The number of nitrogens with one attached hydrogen (secondary N) is 2. The van der Waals surface area contributed by atoms with E-state index in [1.807, 2.05) is 30.5 Å². The van der Waals surface area contributed by atoms with Crippen LogP contribution in [0, 0.1) is 0 Å². The molecule has 24 heavy (non-hydrogen) atoms. The molecule has 3 aromatic rings. The van der Waals surface area contributed by atoms with Gasteiger partial charge in [-0.2, -0.15) is 0 Å². The molecule has 4 nitrogen and oxygen atoms in total. The van der Waals surface area contributed by atoms with Gasteiger partial charge in [0.05, 0.1) is 12.2 Å². The number of benzene rings is 1. The highest BCUT2D eigenvalue weighted by atomic mass is 16.1. The third kappa shape index (κ3) is 2.38. The van der Waals surface area contributed by atoms with E-state index < -0.39 is 0 Å². The second kappa shape index (κ2) is 5.95. The molecule has 1 unspecified atom stereocenters. The lowest BCUT2D eigenvalue weighted by Gasteiger charge is -2.27. The zero-order valence-electron chi connectivity index (χ0n) is 14.3. The zero-order valence-corrected chi connectivity index (χ0v) is 14.3. The molecule has 1 saturated heterocycles. The molecule has 2 N–H and O–H groups in total. The summed E-state index contributed by atoms with van der Waals surface area (Å²) in [6.45, 7) is 3.14. The molecule has 4 heteroatoms. The highest BCUT2D eigenvalue weighted by molar-refractivity contribution is 6.09. The average molecular weight is 322 g/mol. The predicted molar refractivity (Wildman–Crippen MR) is 95.3 cm³/mol. The minimum absolute atomic E-state index is 0.0355. The number of quaternary nitrogens is 1. The van der Waals surface area contributed by atoms with Crippen LogP contribution < -0.4 is 4.90 Å². The minimum Gasteiger partial charge on any atom is -0.360 e. The Labute approximate surface area is 142 Å². The number of Topliss-reactive ketones (excluding diaryl/α,β-unsaturated/α-hetero) is 1. The first-order chi connectivity index (χ1) is 11.7. The molecule has 0 aliphatic carbocycles. The van der Waals surface area contributed by atoms with Crippen LogP contribution in [-0.2, 0) is 7.05 Å². The van der Waals surface area contributed by atoms with Gasteiger partial charge in [-0.25, -0.2) is 0 Å². The quantitative estimate of drug-likeness (QED) is 0.712. The first kappa shape index (κ1) is 15.2. The van der Waals surface area contributed by atoms with Gasteiger partial charge in [0, 0.05) is 48.7 Å². The van der Waals surface area contributed by atoms with Crippen LogP contribution in [0.3, 0.4) is 0 Å². The molecule has 0 saturated carbocycles. The van der Waals surface area contributed by atoms with Gasteiger partial charge in [0.25, 0.3) is 0 Å². The summed E-state index contributed by atoms with van der Waals surface area (Å²) in [7, 11) is 2.09. The average Bonchev–Trinajstić information content (AvgIpc) is 3.31. The number of aromatic nitrogens is 2. The zero-order chi connectivity index (χ0) is 16.7. The Hall–Kier alpha value is -2.33. The van der Waals surface area contributed by atoms with Crippen molar-refractivity contribution in [3.8, 4) is 0 Å². The van der Waals surface area contributed by atoms with E-state index in [-0.39, 0.29) is 11.8 Å². The van der Waals surface area contributed by atoms with Crippen LogP contribution >= 0.6 is 0 Å². The maximum Gasteiger partial charge on any atom is 0.221 e. The van der Waals surface area contributed by atoms with Gasteiger partial charge < -0.3 is 14.5 Å². The molecule has 4 rings (SSSR count). The molecule has 0 bridgehead atoms. The molecule has 0 radical (unpaired) electrons. The Morgan fingerprint density at radius 3 is 2.92 bits per heavy atom. The van der Waals surface area contributed by atoms with Crippen molar-refractivity contribution in [2.75, 3.05) is 6.54 Å². The smallest absolute Gasteiger partial charge is 0.221 e. The Morgan fingerprint density at radius 2 is 2.12 bits per heavy atom. The number of ketones is 1. The molecular formula is C20H24N3O+. The highest BCUT2D eigenvalue weighted by Gasteiger charge is 2.38. The van der Waals surface area contributed by atoms with Gasteiger partial charge in [-0.05, 0) is 25.1 Å². The number of rotatable bonds is 4. The standard InChI is InChI=1S/C20H23N3O/c1-14(20(24)16-13-21-17-8-4-3-7-15(16)17)23-12-6-10-19(23)18-9-5-11-22(18)2/h3-5,7-9,11,13-14,19,21H,6,10,12H2,1-2H3/p+1/t14-,19+/m0/s1. The van der Waals surface area contributed by atoms with Gasteiger partial charge in [0.15, 0.2) is 0 Å². The van der Waals surface area contributed by atoms with Crippen LogP contribution in [0.5, 0.6) is 0 Å². The summed E-state index contributed by atoms with van der Waals surface area (Å²) in [6, 6.07) is 12.7. The van der Waals surface area contributed by atoms with Gasteiger partial charge in [0.2, 0.25) is 5.78 Å². The van der Waals surface area contributed by atoms with E-state index in [4.69, 9.17) is 0 Å². The van der Waals surface area contributed by atoms with E-state index in [1.54, 1.807) is 0 Å². The number of carbonyl (C=O) groups is 1. The Morgan fingerprint density at radius 1 is 1.29 bits per heavy atom. The molecule has 2 aromatic heterocycles. The molecular weight excluding hydrogens is 298 g/mol. The third-order valence-corrected chi connectivity index (χ3v) is 5.55. The van der Waals surface area contributed by atoms with Crippen LogP contribution in [0.15, 0.2) is 48.8 Å². The molecule has 1 aliphatic rings. The lowest BCUT2D eigenvalue weighted by molar-refractivity contribution is -0.932. The fraction of sp³-hybridized carbons (Fsp3) is 0.350. The fourth-order valence-corrected chi connectivity index (χ4v) is 4.24. The number of fused-ring (bicyclic) bond motifs is 1. The van der Waals surface area contributed by atoms with Crippen molar-refractivity contribution in [2.45, 2.75) is 31.8 Å². The minimum atomic E-state index is -0.0355. The van der Waals surface area contributed by atoms with E-state index in [0.717, 1.165) is 29.4 Å². The second-order valence-corrected chi connectivity index (χ2v) is 6.90. The normalized spacial score (nSPS) is 22.1. The van der Waals surface area contributed by atoms with E-state index in [0.29, 0.717) is 6.04 Å². The lowest BCUT2D eigenvalue weighted by Crippen LogP contribution is -3.14. The van der Waals surface area contributed by atoms with Gasteiger partial charge in [-0.15, -0.1) is 0 Å². The maximum absolute atomic E-state index is 13.2. The van der Waals surface area contributed by atoms with Crippen molar-refractivity contribution >= 4 is 16.7 Å². The Bertz CT molecular complexity index is 876. The van der Waals surface area contributed by atoms with Crippen LogP contribution in [0.1, 0.15) is 41.9 Å². The predicted octanol–water partition coefficient (Wildman–Crippen LogP) is 2.50. The molecule has 0 spiro atoms. The van der Waals surface area contributed by atoms with Gasteiger partial charge in [-0.1, -0.05) is 18.2 Å². The lowest BCUT2D eigenvalue weighted by atomic mass is 10.0. The van der Waals surface area contributed by atoms with E-state index >= 15 is 0 Å². The first-order valence-electron chi connectivity index (χ1n) is 8.74. The Kier molecular flexibility index (Phi) is 3.77. The van der Waals surface area contributed by atoms with E-state index in [1.165, 1.54) is 17.0 Å². The number of H-pyrrole nitrogens is 1. The summed E-state index contributed by atoms with van der Waals surface area (Å²) < 4.78 is 2.19. The molecule has 1 fully saturated rings. The number of para-hydroxylation sites is 1. The number of likely N-dealkylation sites (tertiary alicyclic amines) is 1. The maximum atomic E-state index is 13.2. The topological polar surface area (TPSA) is 42.2 Å². The summed E-state index contributed by atoms with van der Waals surface area (Å²) >= 11 is 0. The molecule has 1 aliphatic heterocycles. The van der Waals surface area contributed by atoms with Crippen LogP contribution in [0.2, 0.25) is 0 Å². The number of hydrogen-bond acceptors (Lipinski definition) is 1. The fourth-order valence-electron chi connectivity index (χ4n) is 4.24. The summed E-state index contributed by atoms with van der Waals surface area (Å²) in [4.78, 5) is 17.8. The van der Waals surface area contributed by atoms with Crippen LogP contribution in [0.4, 0.5) is 0 Å². The number of carbonyl (C=O) groups excluding carboxylic acids is 1. The van der Waals surface area contributed by atoms with Gasteiger partial charge in [-0.3, -0.25) is 4.79 Å². The second-order valence-electron chi connectivity index (χ2n) is 6.90. The molecule has 3 heterocycles. The van der Waals surface area contributed by atoms with E-state index in [2.05, 4.69) is 41.9 Å². The van der Waals surface area contributed by atoms with E-state index in [9.17, 15) is 4.79 Å². The number of aryl methyl sites for hydroxylation is 1.